The number of anilines is 1. The fourth-order valence-electron chi connectivity index (χ4n) is 2.03. The molecule has 1 aromatic carbocycles. The van der Waals surface area contributed by atoms with Crippen molar-refractivity contribution in [3.05, 3.63) is 29.8 Å². The number of carbonyl (C=O) groups is 1. The fourth-order valence-corrected chi connectivity index (χ4v) is 5.26. The minimum atomic E-state index is -3.56. The standard InChI is InChI=1S/C16H21N3O4S4/c1-11-5-7-12(8-6-11)27(21,22)17-9-4-10-23-16(20)18-13-14(24-2)19-26-15(13)25-3/h5-8,17H,4,9-10H2,1-3H3,(H,18,20). The molecule has 0 radical (unpaired) electrons. The van der Waals surface area contributed by atoms with Gasteiger partial charge >= 0.3 is 6.09 Å². The number of amides is 1. The van der Waals surface area contributed by atoms with E-state index in [0.29, 0.717) is 12.1 Å². The van der Waals surface area contributed by atoms with Gasteiger partial charge in [0.05, 0.1) is 11.5 Å². The second-order valence-electron chi connectivity index (χ2n) is 5.38. The van der Waals surface area contributed by atoms with Gasteiger partial charge in [-0.25, -0.2) is 17.9 Å². The molecule has 0 saturated carbocycles. The molecule has 2 aromatic rings. The van der Waals surface area contributed by atoms with E-state index < -0.39 is 16.1 Å². The van der Waals surface area contributed by atoms with E-state index in [9.17, 15) is 13.2 Å². The zero-order valence-corrected chi connectivity index (χ0v) is 18.4. The van der Waals surface area contributed by atoms with Crippen LogP contribution in [0, 0.1) is 6.92 Å². The molecule has 0 aliphatic rings. The summed E-state index contributed by atoms with van der Waals surface area (Å²) in [6.45, 7) is 2.17. The molecule has 11 heteroatoms. The third-order valence-corrected chi connectivity index (χ3v) is 7.63. The van der Waals surface area contributed by atoms with Crippen molar-refractivity contribution >= 4 is 56.9 Å². The molecule has 0 aliphatic carbocycles. The van der Waals surface area contributed by atoms with Crippen LogP contribution in [0.1, 0.15) is 12.0 Å². The second-order valence-corrected chi connectivity index (χ2v) is 9.79. The van der Waals surface area contributed by atoms with Gasteiger partial charge in [0.15, 0.2) is 0 Å². The Hall–Kier alpha value is -1.27. The third kappa shape index (κ3) is 6.39. The topological polar surface area (TPSA) is 97.4 Å². The number of rotatable bonds is 9. The number of nitrogens with zero attached hydrogens (tertiary/aromatic N) is 1. The van der Waals surface area contributed by atoms with Gasteiger partial charge in [0.2, 0.25) is 10.0 Å². The summed E-state index contributed by atoms with van der Waals surface area (Å²) in [5.41, 5.74) is 1.65. The molecule has 7 nitrogen and oxygen atoms in total. The summed E-state index contributed by atoms with van der Waals surface area (Å²) in [6.07, 6.45) is 3.58. The first-order chi connectivity index (χ1) is 12.9. The summed E-state index contributed by atoms with van der Waals surface area (Å²) in [7, 11) is -3.56. The Labute approximate surface area is 171 Å². The van der Waals surface area contributed by atoms with E-state index >= 15 is 0 Å². The molecule has 27 heavy (non-hydrogen) atoms. The molecule has 0 bridgehead atoms. The molecular formula is C16H21N3O4S4. The smallest absolute Gasteiger partial charge is 0.411 e. The number of nitrogens with one attached hydrogen (secondary N) is 2. The van der Waals surface area contributed by atoms with E-state index in [1.54, 1.807) is 24.3 Å². The van der Waals surface area contributed by atoms with Crippen LogP contribution in [0.4, 0.5) is 10.5 Å². The Balaban J connectivity index is 1.76. The Morgan fingerprint density at radius 3 is 2.56 bits per heavy atom. The molecular weight excluding hydrogens is 426 g/mol. The van der Waals surface area contributed by atoms with Crippen molar-refractivity contribution in [2.45, 2.75) is 27.5 Å². The van der Waals surface area contributed by atoms with Crippen molar-refractivity contribution in [3.63, 3.8) is 0 Å². The lowest BCUT2D eigenvalue weighted by molar-refractivity contribution is 0.160. The first-order valence-electron chi connectivity index (χ1n) is 7.95. The van der Waals surface area contributed by atoms with Crippen LogP contribution < -0.4 is 10.0 Å². The van der Waals surface area contributed by atoms with Gasteiger partial charge in [-0.1, -0.05) is 17.7 Å². The summed E-state index contributed by atoms with van der Waals surface area (Å²) >= 11 is 4.27. The van der Waals surface area contributed by atoms with Crippen molar-refractivity contribution in [2.24, 2.45) is 0 Å². The summed E-state index contributed by atoms with van der Waals surface area (Å²) in [4.78, 5) is 12.2. The Bertz CT molecular complexity index is 845. The maximum atomic E-state index is 12.2. The number of ether oxygens (including phenoxy) is 1. The number of thioether (sulfide) groups is 2. The molecule has 148 valence electrons. The van der Waals surface area contributed by atoms with Gasteiger partial charge in [-0.15, -0.1) is 23.5 Å². The summed E-state index contributed by atoms with van der Waals surface area (Å²) in [5, 5.41) is 3.45. The highest BCUT2D eigenvalue weighted by Gasteiger charge is 2.16. The number of sulfonamides is 1. The number of aromatic nitrogens is 1. The number of hydrogen-bond donors (Lipinski definition) is 2. The maximum absolute atomic E-state index is 12.2. The molecule has 0 atom stereocenters. The molecule has 0 spiro atoms. The largest absolute Gasteiger partial charge is 0.449 e. The first kappa shape index (κ1) is 22.0. The van der Waals surface area contributed by atoms with Gasteiger partial charge in [0.1, 0.15) is 14.9 Å². The van der Waals surface area contributed by atoms with Crippen molar-refractivity contribution < 1.29 is 17.9 Å². The highest BCUT2D eigenvalue weighted by molar-refractivity contribution is 8.01. The van der Waals surface area contributed by atoms with E-state index in [4.69, 9.17) is 4.74 Å². The lowest BCUT2D eigenvalue weighted by atomic mass is 10.2. The Kier molecular flexibility index (Phi) is 8.42. The Morgan fingerprint density at radius 1 is 1.22 bits per heavy atom. The van der Waals surface area contributed by atoms with Crippen LogP contribution in [0.2, 0.25) is 0 Å². The molecule has 0 aliphatic heterocycles. The van der Waals surface area contributed by atoms with Crippen LogP contribution in [0.5, 0.6) is 0 Å². The molecule has 0 saturated heterocycles. The lowest BCUT2D eigenvalue weighted by Crippen LogP contribution is -2.26. The highest BCUT2D eigenvalue weighted by Crippen LogP contribution is 2.37. The summed E-state index contributed by atoms with van der Waals surface area (Å²) in [5.74, 6) is 0. The quantitative estimate of drug-likeness (QED) is 0.445. The summed E-state index contributed by atoms with van der Waals surface area (Å²) in [6, 6.07) is 6.60. The van der Waals surface area contributed by atoms with E-state index in [1.807, 2.05) is 19.4 Å². The fraction of sp³-hybridized carbons (Fsp3) is 0.375. The number of benzene rings is 1. The molecule has 2 N–H and O–H groups in total. The molecule has 0 unspecified atom stereocenters. The number of aryl methyl sites for hydroxylation is 1. The Morgan fingerprint density at radius 2 is 1.93 bits per heavy atom. The van der Waals surface area contributed by atoms with Crippen molar-refractivity contribution in [1.82, 2.24) is 9.10 Å². The van der Waals surface area contributed by atoms with E-state index in [1.165, 1.54) is 35.1 Å². The van der Waals surface area contributed by atoms with Gasteiger partial charge in [-0.05, 0) is 49.5 Å². The average molecular weight is 448 g/mol. The minimum Gasteiger partial charge on any atom is -0.449 e. The van der Waals surface area contributed by atoms with Crippen molar-refractivity contribution in [2.75, 3.05) is 31.0 Å². The van der Waals surface area contributed by atoms with Crippen LogP contribution in [0.25, 0.3) is 0 Å². The van der Waals surface area contributed by atoms with E-state index in [0.717, 1.165) is 14.8 Å². The van der Waals surface area contributed by atoms with Crippen LogP contribution in [0.15, 0.2) is 38.4 Å². The number of carbonyl (C=O) groups excluding carboxylic acids is 1. The zero-order valence-electron chi connectivity index (χ0n) is 15.1. The minimum absolute atomic E-state index is 0.100. The van der Waals surface area contributed by atoms with Gasteiger partial charge in [0.25, 0.3) is 0 Å². The molecule has 1 amide bonds. The number of hydrogen-bond acceptors (Lipinski definition) is 8. The maximum Gasteiger partial charge on any atom is 0.411 e. The van der Waals surface area contributed by atoms with E-state index in [2.05, 4.69) is 14.4 Å². The normalized spacial score (nSPS) is 11.4. The molecule has 0 fully saturated rings. The van der Waals surface area contributed by atoms with Gasteiger partial charge in [-0.3, -0.25) is 5.32 Å². The molecule has 1 aromatic heterocycles. The molecule has 1 heterocycles. The first-order valence-corrected chi connectivity index (χ1v) is 12.7. The third-order valence-electron chi connectivity index (χ3n) is 3.41. The van der Waals surface area contributed by atoms with Crippen molar-refractivity contribution in [1.29, 1.82) is 0 Å². The van der Waals surface area contributed by atoms with Gasteiger partial charge in [0, 0.05) is 6.54 Å². The van der Waals surface area contributed by atoms with Crippen LogP contribution in [-0.4, -0.2) is 44.5 Å². The van der Waals surface area contributed by atoms with E-state index in [-0.39, 0.29) is 18.0 Å². The van der Waals surface area contributed by atoms with Crippen LogP contribution >= 0.6 is 35.1 Å². The van der Waals surface area contributed by atoms with Crippen LogP contribution in [0.3, 0.4) is 0 Å². The van der Waals surface area contributed by atoms with Gasteiger partial charge < -0.3 is 4.74 Å². The average Bonchev–Trinajstić information content (AvgIpc) is 3.03. The SMILES string of the molecule is CSc1nsc(SC)c1NC(=O)OCCCNS(=O)(=O)c1ccc(C)cc1. The highest BCUT2D eigenvalue weighted by atomic mass is 32.2. The van der Waals surface area contributed by atoms with Gasteiger partial charge in [-0.2, -0.15) is 4.37 Å². The predicted octanol–water partition coefficient (Wildman–Crippen LogP) is 3.81. The zero-order chi connectivity index (χ0) is 19.9. The lowest BCUT2D eigenvalue weighted by Gasteiger charge is -2.09. The monoisotopic (exact) mass is 447 g/mol. The predicted molar refractivity (Wildman–Crippen MR) is 112 cm³/mol. The molecule has 2 rings (SSSR count). The summed E-state index contributed by atoms with van der Waals surface area (Å²) < 4.78 is 37.1. The van der Waals surface area contributed by atoms with Crippen LogP contribution in [-0.2, 0) is 14.8 Å². The second kappa shape index (κ2) is 10.3. The van der Waals surface area contributed by atoms with Crippen molar-refractivity contribution in [3.8, 4) is 0 Å².